The van der Waals surface area contributed by atoms with Gasteiger partial charge in [0.25, 0.3) is 5.91 Å². The summed E-state index contributed by atoms with van der Waals surface area (Å²) in [5.41, 5.74) is 3.83. The largest absolute Gasteiger partial charge is 0.497 e. The number of aromatic nitrogens is 2. The highest BCUT2D eigenvalue weighted by molar-refractivity contribution is 5.94. The number of benzene rings is 3. The van der Waals surface area contributed by atoms with Gasteiger partial charge in [-0.25, -0.2) is 4.98 Å². The molecule has 1 aliphatic rings. The molecule has 1 amide bonds. The van der Waals surface area contributed by atoms with Crippen LogP contribution < -0.4 is 4.74 Å². The van der Waals surface area contributed by atoms with Crippen LogP contribution in [0.4, 0.5) is 0 Å². The first-order valence-electron chi connectivity index (χ1n) is 10.9. The van der Waals surface area contributed by atoms with E-state index >= 15 is 0 Å². The molecule has 0 radical (unpaired) electrons. The van der Waals surface area contributed by atoms with Gasteiger partial charge in [-0.3, -0.25) is 9.69 Å². The second kappa shape index (κ2) is 8.85. The molecule has 0 bridgehead atoms. The maximum atomic E-state index is 13.5. The molecule has 1 aliphatic heterocycles. The summed E-state index contributed by atoms with van der Waals surface area (Å²) >= 11 is 0. The molecule has 4 aromatic rings. The molecule has 1 unspecified atom stereocenters. The fraction of sp³-hybridized carbons (Fsp3) is 0.231. The van der Waals surface area contributed by atoms with E-state index in [1.54, 1.807) is 7.11 Å². The third-order valence-electron chi connectivity index (χ3n) is 6.03. The van der Waals surface area contributed by atoms with Gasteiger partial charge < -0.3 is 14.6 Å². The maximum absolute atomic E-state index is 13.5. The molecule has 1 atom stereocenters. The van der Waals surface area contributed by atoms with E-state index in [-0.39, 0.29) is 11.9 Å². The third kappa shape index (κ3) is 4.09. The Kier molecular flexibility index (Phi) is 5.60. The number of imidazole rings is 1. The molecule has 0 aliphatic carbocycles. The summed E-state index contributed by atoms with van der Waals surface area (Å²) in [4.78, 5) is 26.1. The van der Waals surface area contributed by atoms with Crippen LogP contribution in [-0.2, 0) is 6.54 Å². The summed E-state index contributed by atoms with van der Waals surface area (Å²) in [5, 5.41) is 0. The van der Waals surface area contributed by atoms with Crippen molar-refractivity contribution in [3.8, 4) is 5.75 Å². The van der Waals surface area contributed by atoms with Crippen molar-refractivity contribution < 1.29 is 9.53 Å². The van der Waals surface area contributed by atoms with E-state index in [0.717, 1.165) is 42.2 Å². The number of hydrogen-bond acceptors (Lipinski definition) is 4. The lowest BCUT2D eigenvalue weighted by Gasteiger charge is -2.40. The second-order valence-corrected chi connectivity index (χ2v) is 8.10. The number of ether oxygens (including phenoxy) is 1. The lowest BCUT2D eigenvalue weighted by molar-refractivity contribution is 0.0418. The van der Waals surface area contributed by atoms with Gasteiger partial charge in [0.2, 0.25) is 0 Å². The van der Waals surface area contributed by atoms with Crippen LogP contribution in [0.25, 0.3) is 11.0 Å². The number of hydrogen-bond donors (Lipinski definition) is 1. The first kappa shape index (κ1) is 20.3. The monoisotopic (exact) mass is 426 g/mol. The molecule has 3 aromatic carbocycles. The van der Waals surface area contributed by atoms with Gasteiger partial charge in [-0.2, -0.15) is 0 Å². The summed E-state index contributed by atoms with van der Waals surface area (Å²) < 4.78 is 5.24. The zero-order chi connectivity index (χ0) is 21.9. The Morgan fingerprint density at radius 3 is 2.50 bits per heavy atom. The number of fused-ring (bicyclic) bond motifs is 1. The molecular weight excluding hydrogens is 400 g/mol. The van der Waals surface area contributed by atoms with Crippen molar-refractivity contribution in [2.75, 3.05) is 26.7 Å². The smallest absolute Gasteiger partial charge is 0.254 e. The Morgan fingerprint density at radius 1 is 1.00 bits per heavy atom. The molecule has 1 N–H and O–H groups in total. The average Bonchev–Trinajstić information content (AvgIpc) is 3.29. The highest BCUT2D eigenvalue weighted by atomic mass is 16.5. The molecule has 0 spiro atoms. The van der Waals surface area contributed by atoms with Crippen molar-refractivity contribution in [2.24, 2.45) is 0 Å². The number of carbonyl (C=O) groups is 1. The Balaban J connectivity index is 1.45. The highest BCUT2D eigenvalue weighted by Crippen LogP contribution is 2.28. The molecule has 1 saturated heterocycles. The molecule has 5 rings (SSSR count). The van der Waals surface area contributed by atoms with E-state index in [4.69, 9.17) is 9.72 Å². The van der Waals surface area contributed by atoms with Gasteiger partial charge in [0.05, 0.1) is 18.1 Å². The number of aromatic amines is 1. The van der Waals surface area contributed by atoms with Gasteiger partial charge in [0, 0.05) is 31.7 Å². The number of amides is 1. The molecule has 6 nitrogen and oxygen atoms in total. The maximum Gasteiger partial charge on any atom is 0.254 e. The van der Waals surface area contributed by atoms with Gasteiger partial charge in [-0.15, -0.1) is 0 Å². The average molecular weight is 427 g/mol. The first-order chi connectivity index (χ1) is 15.7. The Bertz CT molecular complexity index is 1170. The normalized spacial score (nSPS) is 16.9. The number of nitrogens with zero attached hydrogens (tertiary/aromatic N) is 3. The Labute approximate surface area is 187 Å². The summed E-state index contributed by atoms with van der Waals surface area (Å²) in [6.45, 7) is 3.02. The fourth-order valence-corrected chi connectivity index (χ4v) is 4.33. The first-order valence-corrected chi connectivity index (χ1v) is 10.9. The van der Waals surface area contributed by atoms with Crippen LogP contribution in [0.2, 0.25) is 0 Å². The third-order valence-corrected chi connectivity index (χ3v) is 6.03. The van der Waals surface area contributed by atoms with Crippen molar-refractivity contribution >= 4 is 16.9 Å². The second-order valence-electron chi connectivity index (χ2n) is 8.10. The molecular formula is C26H26N4O2. The molecule has 1 fully saturated rings. The summed E-state index contributed by atoms with van der Waals surface area (Å²) in [7, 11) is 1.63. The molecule has 1 aromatic heterocycles. The Morgan fingerprint density at radius 2 is 1.75 bits per heavy atom. The van der Waals surface area contributed by atoms with E-state index in [1.165, 1.54) is 5.56 Å². The molecule has 0 saturated carbocycles. The highest BCUT2D eigenvalue weighted by Gasteiger charge is 2.34. The minimum absolute atomic E-state index is 0.0115. The van der Waals surface area contributed by atoms with E-state index in [0.29, 0.717) is 12.1 Å². The molecule has 2 heterocycles. The number of H-pyrrole nitrogens is 1. The van der Waals surface area contributed by atoms with Crippen LogP contribution in [0.15, 0.2) is 78.9 Å². The van der Waals surface area contributed by atoms with Gasteiger partial charge in [-0.05, 0) is 42.0 Å². The number of rotatable bonds is 5. The van der Waals surface area contributed by atoms with Crippen molar-refractivity contribution in [2.45, 2.75) is 12.6 Å². The summed E-state index contributed by atoms with van der Waals surface area (Å²) in [6.07, 6.45) is 0. The van der Waals surface area contributed by atoms with E-state index < -0.39 is 0 Å². The molecule has 6 heteroatoms. The molecule has 162 valence electrons. The van der Waals surface area contributed by atoms with Crippen LogP contribution in [0.5, 0.6) is 5.75 Å². The lowest BCUT2D eigenvalue weighted by Crippen LogP contribution is -2.50. The van der Waals surface area contributed by atoms with E-state index in [1.807, 2.05) is 59.5 Å². The SMILES string of the molecule is COc1ccc(C(=O)N2CCN(Cc3ccccc3)CC2c2nc3ccccc3[nH]2)cc1. The van der Waals surface area contributed by atoms with Gasteiger partial charge in [0.1, 0.15) is 17.6 Å². The minimum atomic E-state index is -0.158. The number of carbonyl (C=O) groups excluding carboxylic acids is 1. The van der Waals surface area contributed by atoms with Gasteiger partial charge >= 0.3 is 0 Å². The number of methoxy groups -OCH3 is 1. The van der Waals surface area contributed by atoms with Crippen molar-refractivity contribution in [1.29, 1.82) is 0 Å². The van der Waals surface area contributed by atoms with Crippen LogP contribution in [0.1, 0.15) is 27.8 Å². The quantitative estimate of drug-likeness (QED) is 0.518. The Hall–Kier alpha value is -3.64. The van der Waals surface area contributed by atoms with Crippen LogP contribution >= 0.6 is 0 Å². The predicted molar refractivity (Wildman–Crippen MR) is 125 cm³/mol. The zero-order valence-corrected chi connectivity index (χ0v) is 18.1. The number of para-hydroxylation sites is 2. The minimum Gasteiger partial charge on any atom is -0.497 e. The van der Waals surface area contributed by atoms with Gasteiger partial charge in [0.15, 0.2) is 0 Å². The number of nitrogens with one attached hydrogen (secondary N) is 1. The summed E-state index contributed by atoms with van der Waals surface area (Å²) in [5.74, 6) is 1.58. The predicted octanol–water partition coefficient (Wildman–Crippen LogP) is 4.27. The van der Waals surface area contributed by atoms with E-state index in [9.17, 15) is 4.79 Å². The standard InChI is InChI=1S/C26H26N4O2/c1-32-21-13-11-20(12-14-21)26(31)30-16-15-29(17-19-7-3-2-4-8-19)18-24(30)25-27-22-9-5-6-10-23(22)28-25/h2-14,24H,15-18H2,1H3,(H,27,28). The van der Waals surface area contributed by atoms with Crippen LogP contribution in [-0.4, -0.2) is 52.4 Å². The van der Waals surface area contributed by atoms with E-state index in [2.05, 4.69) is 34.1 Å². The van der Waals surface area contributed by atoms with Crippen molar-refractivity contribution in [3.63, 3.8) is 0 Å². The number of piperazine rings is 1. The van der Waals surface area contributed by atoms with Crippen molar-refractivity contribution in [3.05, 3.63) is 95.8 Å². The zero-order valence-electron chi connectivity index (χ0n) is 18.1. The molecule has 32 heavy (non-hydrogen) atoms. The summed E-state index contributed by atoms with van der Waals surface area (Å²) in [6, 6.07) is 25.6. The van der Waals surface area contributed by atoms with Crippen LogP contribution in [0, 0.1) is 0 Å². The topological polar surface area (TPSA) is 61.5 Å². The van der Waals surface area contributed by atoms with Crippen molar-refractivity contribution in [1.82, 2.24) is 19.8 Å². The fourth-order valence-electron chi connectivity index (χ4n) is 4.33. The van der Waals surface area contributed by atoms with Crippen LogP contribution in [0.3, 0.4) is 0 Å². The lowest BCUT2D eigenvalue weighted by atomic mass is 10.1. The van der Waals surface area contributed by atoms with Gasteiger partial charge in [-0.1, -0.05) is 42.5 Å².